The highest BCUT2D eigenvalue weighted by molar-refractivity contribution is 5.74. The molecular weight excluding hydrogens is 370 g/mol. The van der Waals surface area contributed by atoms with Crippen LogP contribution in [0.4, 0.5) is 0 Å². The summed E-state index contributed by atoms with van der Waals surface area (Å²) < 4.78 is 0. The topological polar surface area (TPSA) is 40.5 Å². The molecule has 1 rings (SSSR count). The van der Waals surface area contributed by atoms with E-state index in [-0.39, 0.29) is 5.41 Å². The van der Waals surface area contributed by atoms with Gasteiger partial charge in [0.1, 0.15) is 0 Å². The van der Waals surface area contributed by atoms with Crippen LogP contribution in [0.1, 0.15) is 137 Å². The van der Waals surface area contributed by atoms with E-state index < -0.39 is 11.4 Å². The molecule has 0 saturated carbocycles. The van der Waals surface area contributed by atoms with Gasteiger partial charge in [-0.1, -0.05) is 104 Å². The fourth-order valence-electron chi connectivity index (χ4n) is 5.10. The number of nitrogens with zero attached hydrogens (tertiary/aromatic N) is 1. The van der Waals surface area contributed by atoms with E-state index in [0.29, 0.717) is 6.04 Å². The van der Waals surface area contributed by atoms with E-state index in [1.165, 1.54) is 96.3 Å². The third-order valence-corrected chi connectivity index (χ3v) is 8.14. The number of carboxylic acid groups (broad SMARTS) is 1. The lowest BCUT2D eigenvalue weighted by atomic mass is 9.62. The molecule has 0 radical (unpaired) electrons. The largest absolute Gasteiger partial charge is 0.481 e. The standard InChI is InChI=1S/C27H53NO2/c1-6-7-8-9-10-11-12-13-14-15-16-18-21-24(28-22-19-17-20-23-28)26(2,3)27(4,5)25(29)30/h24H,6-23H2,1-5H3,(H,29,30). The summed E-state index contributed by atoms with van der Waals surface area (Å²) in [5.74, 6) is -0.663. The van der Waals surface area contributed by atoms with Gasteiger partial charge in [-0.3, -0.25) is 9.69 Å². The molecule has 1 saturated heterocycles. The first kappa shape index (κ1) is 27.5. The van der Waals surface area contributed by atoms with Gasteiger partial charge in [-0.2, -0.15) is 0 Å². The second-order valence-electron chi connectivity index (χ2n) is 10.9. The molecule has 1 fully saturated rings. The van der Waals surface area contributed by atoms with Crippen molar-refractivity contribution in [2.24, 2.45) is 10.8 Å². The van der Waals surface area contributed by atoms with Gasteiger partial charge in [-0.05, 0) is 51.6 Å². The van der Waals surface area contributed by atoms with Crippen LogP contribution in [-0.2, 0) is 4.79 Å². The van der Waals surface area contributed by atoms with E-state index in [1.54, 1.807) is 0 Å². The van der Waals surface area contributed by atoms with E-state index in [9.17, 15) is 9.90 Å². The maximum Gasteiger partial charge on any atom is 0.309 e. The summed E-state index contributed by atoms with van der Waals surface area (Å²) in [4.78, 5) is 14.6. The predicted octanol–water partition coefficient (Wildman–Crippen LogP) is 8.07. The van der Waals surface area contributed by atoms with Crippen molar-refractivity contribution in [2.75, 3.05) is 13.1 Å². The number of carbonyl (C=O) groups is 1. The Labute approximate surface area is 188 Å². The number of hydrogen-bond acceptors (Lipinski definition) is 2. The van der Waals surface area contributed by atoms with Gasteiger partial charge >= 0.3 is 5.97 Å². The first-order chi connectivity index (χ1) is 14.2. The summed E-state index contributed by atoms with van der Waals surface area (Å²) in [6.07, 6.45) is 21.4. The second kappa shape index (κ2) is 14.5. The van der Waals surface area contributed by atoms with Crippen molar-refractivity contribution in [3.8, 4) is 0 Å². The molecule has 0 bridgehead atoms. The van der Waals surface area contributed by atoms with Crippen LogP contribution in [-0.4, -0.2) is 35.1 Å². The molecular formula is C27H53NO2. The minimum Gasteiger partial charge on any atom is -0.481 e. The molecule has 0 aliphatic carbocycles. The highest BCUT2D eigenvalue weighted by atomic mass is 16.4. The zero-order valence-electron chi connectivity index (χ0n) is 21.1. The zero-order chi connectivity index (χ0) is 22.5. The first-order valence-electron chi connectivity index (χ1n) is 13.2. The fourth-order valence-corrected chi connectivity index (χ4v) is 5.10. The number of unbranched alkanes of at least 4 members (excludes halogenated alkanes) is 11. The molecule has 1 heterocycles. The van der Waals surface area contributed by atoms with Gasteiger partial charge < -0.3 is 5.11 Å². The van der Waals surface area contributed by atoms with Gasteiger partial charge in [0.2, 0.25) is 0 Å². The monoisotopic (exact) mass is 423 g/mol. The van der Waals surface area contributed by atoms with E-state index in [2.05, 4.69) is 25.7 Å². The highest BCUT2D eigenvalue weighted by Gasteiger charge is 2.49. The van der Waals surface area contributed by atoms with Crippen molar-refractivity contribution < 1.29 is 9.90 Å². The maximum absolute atomic E-state index is 12.0. The maximum atomic E-state index is 12.0. The quantitative estimate of drug-likeness (QED) is 0.240. The summed E-state index contributed by atoms with van der Waals surface area (Å²) in [7, 11) is 0. The molecule has 0 aromatic rings. The van der Waals surface area contributed by atoms with E-state index in [1.807, 2.05) is 13.8 Å². The van der Waals surface area contributed by atoms with Crippen LogP contribution >= 0.6 is 0 Å². The van der Waals surface area contributed by atoms with Crippen LogP contribution in [0.15, 0.2) is 0 Å². The van der Waals surface area contributed by atoms with E-state index >= 15 is 0 Å². The third kappa shape index (κ3) is 8.89. The van der Waals surface area contributed by atoms with Crippen LogP contribution in [0.25, 0.3) is 0 Å². The van der Waals surface area contributed by atoms with Crippen molar-refractivity contribution in [2.45, 2.75) is 143 Å². The van der Waals surface area contributed by atoms with Crippen molar-refractivity contribution in [1.82, 2.24) is 4.90 Å². The van der Waals surface area contributed by atoms with Crippen LogP contribution in [0.2, 0.25) is 0 Å². The number of piperidine rings is 1. The smallest absolute Gasteiger partial charge is 0.309 e. The normalized spacial score (nSPS) is 17.2. The van der Waals surface area contributed by atoms with Crippen LogP contribution in [0.3, 0.4) is 0 Å². The van der Waals surface area contributed by atoms with E-state index in [4.69, 9.17) is 0 Å². The lowest BCUT2D eigenvalue weighted by Gasteiger charge is -2.50. The predicted molar refractivity (Wildman–Crippen MR) is 130 cm³/mol. The van der Waals surface area contributed by atoms with Crippen molar-refractivity contribution in [1.29, 1.82) is 0 Å². The number of aliphatic carboxylic acids is 1. The fraction of sp³-hybridized carbons (Fsp3) is 0.963. The lowest BCUT2D eigenvalue weighted by Crippen LogP contribution is -2.55. The first-order valence-corrected chi connectivity index (χ1v) is 13.2. The van der Waals surface area contributed by atoms with E-state index in [0.717, 1.165) is 19.5 Å². The second-order valence-corrected chi connectivity index (χ2v) is 10.9. The molecule has 1 aliphatic heterocycles. The summed E-state index contributed by atoms with van der Waals surface area (Å²) in [5, 5.41) is 9.88. The minimum atomic E-state index is -0.716. The average Bonchev–Trinajstić information content (AvgIpc) is 2.71. The summed E-state index contributed by atoms with van der Waals surface area (Å²) >= 11 is 0. The Morgan fingerprint density at radius 2 is 1.20 bits per heavy atom. The molecule has 0 aromatic heterocycles. The molecule has 0 spiro atoms. The van der Waals surface area contributed by atoms with Crippen molar-refractivity contribution >= 4 is 5.97 Å². The van der Waals surface area contributed by atoms with Crippen LogP contribution < -0.4 is 0 Å². The SMILES string of the molecule is CCCCCCCCCCCCCCC(N1CCCCC1)C(C)(C)C(C)(C)C(=O)O. The molecule has 1 unspecified atom stereocenters. The van der Waals surface area contributed by atoms with Gasteiger partial charge in [0.15, 0.2) is 0 Å². The molecule has 0 amide bonds. The molecule has 0 aromatic carbocycles. The number of hydrogen-bond donors (Lipinski definition) is 1. The molecule has 3 heteroatoms. The summed E-state index contributed by atoms with van der Waals surface area (Å²) in [6, 6.07) is 0.368. The molecule has 1 aliphatic rings. The van der Waals surface area contributed by atoms with Crippen molar-refractivity contribution in [3.63, 3.8) is 0 Å². The van der Waals surface area contributed by atoms with Crippen LogP contribution in [0, 0.1) is 10.8 Å². The number of likely N-dealkylation sites (tertiary alicyclic amines) is 1. The zero-order valence-corrected chi connectivity index (χ0v) is 21.1. The Morgan fingerprint density at radius 3 is 1.63 bits per heavy atom. The van der Waals surface area contributed by atoms with Crippen molar-refractivity contribution in [3.05, 3.63) is 0 Å². The summed E-state index contributed by atoms with van der Waals surface area (Å²) in [6.45, 7) is 12.8. The highest BCUT2D eigenvalue weighted by Crippen LogP contribution is 2.45. The minimum absolute atomic E-state index is 0.242. The third-order valence-electron chi connectivity index (χ3n) is 8.14. The van der Waals surface area contributed by atoms with Gasteiger partial charge in [0.05, 0.1) is 5.41 Å². The lowest BCUT2D eigenvalue weighted by molar-refractivity contribution is -0.158. The Bertz CT molecular complexity index is 452. The van der Waals surface area contributed by atoms with Gasteiger partial charge in [-0.25, -0.2) is 0 Å². The molecule has 3 nitrogen and oxygen atoms in total. The number of carboxylic acids is 1. The number of rotatable bonds is 17. The summed E-state index contributed by atoms with van der Waals surface area (Å²) in [5.41, 5.74) is -0.958. The van der Waals surface area contributed by atoms with Gasteiger partial charge in [-0.15, -0.1) is 0 Å². The Kier molecular flexibility index (Phi) is 13.3. The van der Waals surface area contributed by atoms with Gasteiger partial charge in [0.25, 0.3) is 0 Å². The molecule has 1 atom stereocenters. The molecule has 178 valence electrons. The average molecular weight is 424 g/mol. The van der Waals surface area contributed by atoms with Gasteiger partial charge in [0, 0.05) is 6.04 Å². The van der Waals surface area contributed by atoms with Crippen LogP contribution in [0.5, 0.6) is 0 Å². The molecule has 1 N–H and O–H groups in total. The Hall–Kier alpha value is -0.570. The molecule has 30 heavy (non-hydrogen) atoms. The Balaban J connectivity index is 2.37. The Morgan fingerprint density at radius 1 is 0.767 bits per heavy atom.